The molecule has 0 unspecified atom stereocenters. The minimum Gasteiger partial charge on any atom is -0.476 e. The largest absolute Gasteiger partial charge is 0.476 e. The molecule has 0 fully saturated rings. The molecule has 6 nitrogen and oxygen atoms in total. The summed E-state index contributed by atoms with van der Waals surface area (Å²) in [6.45, 7) is 4.82. The van der Waals surface area contributed by atoms with Crippen molar-refractivity contribution < 1.29 is 15.0 Å². The molecule has 1 rings (SSSR count). The number of nitrogens with zero attached hydrogens (tertiary/aromatic N) is 2. The van der Waals surface area contributed by atoms with Gasteiger partial charge in [-0.1, -0.05) is 13.8 Å². The highest BCUT2D eigenvalue weighted by Crippen LogP contribution is 2.19. The van der Waals surface area contributed by atoms with Crippen LogP contribution in [-0.4, -0.2) is 39.3 Å². The van der Waals surface area contributed by atoms with Crippen molar-refractivity contribution in [2.45, 2.75) is 20.3 Å². The number of carboxylic acids is 1. The van der Waals surface area contributed by atoms with Gasteiger partial charge in [-0.15, -0.1) is 0 Å². The van der Waals surface area contributed by atoms with Crippen LogP contribution in [0.4, 0.5) is 5.82 Å². The van der Waals surface area contributed by atoms with Gasteiger partial charge in [0, 0.05) is 13.2 Å². The summed E-state index contributed by atoms with van der Waals surface area (Å²) in [5.74, 6) is -0.564. The Kier molecular flexibility index (Phi) is 4.39. The van der Waals surface area contributed by atoms with Gasteiger partial charge in [0.05, 0.1) is 12.4 Å². The number of hydrogen-bond donors (Lipinski definition) is 3. The number of aliphatic hydroxyl groups excluding tert-OH is 1. The summed E-state index contributed by atoms with van der Waals surface area (Å²) in [5.41, 5.74) is -0.132. The Morgan fingerprint density at radius 3 is 2.59 bits per heavy atom. The Hall–Kier alpha value is -1.69. The molecule has 0 aliphatic carbocycles. The van der Waals surface area contributed by atoms with Crippen LogP contribution in [0.1, 0.15) is 30.8 Å². The van der Waals surface area contributed by atoms with Crippen LogP contribution in [-0.2, 0) is 0 Å². The maximum atomic E-state index is 10.6. The van der Waals surface area contributed by atoms with Gasteiger partial charge in [-0.3, -0.25) is 0 Å². The fourth-order valence-corrected chi connectivity index (χ4v) is 1.25. The molecule has 0 saturated carbocycles. The number of aliphatic hydroxyl groups is 1. The summed E-state index contributed by atoms with van der Waals surface area (Å²) >= 11 is 0. The van der Waals surface area contributed by atoms with Crippen LogP contribution < -0.4 is 5.32 Å². The Morgan fingerprint density at radius 1 is 1.41 bits per heavy atom. The zero-order valence-electron chi connectivity index (χ0n) is 9.97. The van der Waals surface area contributed by atoms with Crippen molar-refractivity contribution in [2.24, 2.45) is 5.41 Å². The molecular formula is C11H17N3O3. The van der Waals surface area contributed by atoms with E-state index in [0.29, 0.717) is 18.8 Å². The maximum absolute atomic E-state index is 10.6. The molecule has 0 bridgehead atoms. The smallest absolute Gasteiger partial charge is 0.356 e. The zero-order valence-corrected chi connectivity index (χ0v) is 9.97. The quantitative estimate of drug-likeness (QED) is 0.685. The lowest BCUT2D eigenvalue weighted by Gasteiger charge is -2.23. The normalized spacial score (nSPS) is 11.2. The van der Waals surface area contributed by atoms with E-state index in [4.69, 9.17) is 10.2 Å². The molecular weight excluding hydrogens is 222 g/mol. The second kappa shape index (κ2) is 5.58. The predicted molar refractivity (Wildman–Crippen MR) is 63.0 cm³/mol. The molecule has 1 heterocycles. The first kappa shape index (κ1) is 13.4. The fourth-order valence-electron chi connectivity index (χ4n) is 1.25. The van der Waals surface area contributed by atoms with Gasteiger partial charge in [0.1, 0.15) is 5.82 Å². The zero-order chi connectivity index (χ0) is 12.9. The molecule has 17 heavy (non-hydrogen) atoms. The highest BCUT2D eigenvalue weighted by atomic mass is 16.4. The lowest BCUT2D eigenvalue weighted by atomic mass is 9.90. The summed E-state index contributed by atoms with van der Waals surface area (Å²) in [4.78, 5) is 18.3. The summed E-state index contributed by atoms with van der Waals surface area (Å²) in [6, 6.07) is 0. The number of hydrogen-bond acceptors (Lipinski definition) is 5. The Labute approximate surface area is 99.7 Å². The molecule has 0 atom stereocenters. The van der Waals surface area contributed by atoms with Gasteiger partial charge < -0.3 is 15.5 Å². The summed E-state index contributed by atoms with van der Waals surface area (Å²) in [5, 5.41) is 20.6. The van der Waals surface area contributed by atoms with Crippen molar-refractivity contribution in [1.82, 2.24) is 9.97 Å². The fraction of sp³-hybridized carbons (Fsp3) is 0.545. The van der Waals surface area contributed by atoms with E-state index in [2.05, 4.69) is 15.3 Å². The lowest BCUT2D eigenvalue weighted by Crippen LogP contribution is -2.24. The standard InChI is InChI=1S/C11H17N3O3/c1-11(2,3-4-15)7-14-9-6-12-8(5-13-9)10(16)17/h5-6,15H,3-4,7H2,1-2H3,(H,13,14)(H,16,17). The molecule has 0 aromatic carbocycles. The molecule has 0 aliphatic heterocycles. The van der Waals surface area contributed by atoms with Crippen molar-refractivity contribution in [3.63, 3.8) is 0 Å². The Balaban J connectivity index is 2.55. The van der Waals surface area contributed by atoms with Gasteiger partial charge in [-0.2, -0.15) is 0 Å². The molecule has 3 N–H and O–H groups in total. The monoisotopic (exact) mass is 239 g/mol. The maximum Gasteiger partial charge on any atom is 0.356 e. The van der Waals surface area contributed by atoms with E-state index in [1.807, 2.05) is 13.8 Å². The van der Waals surface area contributed by atoms with Crippen LogP contribution in [0, 0.1) is 5.41 Å². The molecule has 0 radical (unpaired) electrons. The van der Waals surface area contributed by atoms with Crippen LogP contribution in [0.5, 0.6) is 0 Å². The first-order valence-electron chi connectivity index (χ1n) is 5.35. The molecule has 6 heteroatoms. The van der Waals surface area contributed by atoms with Crippen molar-refractivity contribution in [3.05, 3.63) is 18.1 Å². The first-order valence-corrected chi connectivity index (χ1v) is 5.35. The number of carbonyl (C=O) groups is 1. The average molecular weight is 239 g/mol. The second-order valence-electron chi connectivity index (χ2n) is 4.58. The van der Waals surface area contributed by atoms with Crippen molar-refractivity contribution in [1.29, 1.82) is 0 Å². The summed E-state index contributed by atoms with van der Waals surface area (Å²) in [6.07, 6.45) is 3.28. The van der Waals surface area contributed by atoms with Crippen molar-refractivity contribution in [3.8, 4) is 0 Å². The topological polar surface area (TPSA) is 95.3 Å². The number of carboxylic acid groups (broad SMARTS) is 1. The van der Waals surface area contributed by atoms with Gasteiger partial charge in [0.2, 0.25) is 0 Å². The van der Waals surface area contributed by atoms with Gasteiger partial charge in [-0.25, -0.2) is 14.8 Å². The number of aromatic nitrogens is 2. The van der Waals surface area contributed by atoms with Gasteiger partial charge in [-0.05, 0) is 11.8 Å². The highest BCUT2D eigenvalue weighted by molar-refractivity contribution is 5.84. The van der Waals surface area contributed by atoms with E-state index >= 15 is 0 Å². The molecule has 0 saturated heterocycles. The van der Waals surface area contributed by atoms with Gasteiger partial charge in [0.15, 0.2) is 5.69 Å². The average Bonchev–Trinajstić information content (AvgIpc) is 2.27. The van der Waals surface area contributed by atoms with Crippen LogP contribution >= 0.6 is 0 Å². The predicted octanol–water partition coefficient (Wildman–Crippen LogP) is 0.995. The minimum atomic E-state index is -1.09. The molecule has 1 aromatic heterocycles. The van der Waals surface area contributed by atoms with Crippen molar-refractivity contribution >= 4 is 11.8 Å². The Morgan fingerprint density at radius 2 is 2.12 bits per heavy atom. The van der Waals surface area contributed by atoms with Crippen LogP contribution in [0.3, 0.4) is 0 Å². The second-order valence-corrected chi connectivity index (χ2v) is 4.58. The van der Waals surface area contributed by atoms with Crippen molar-refractivity contribution in [2.75, 3.05) is 18.5 Å². The lowest BCUT2D eigenvalue weighted by molar-refractivity contribution is 0.0690. The number of aromatic carboxylic acids is 1. The van der Waals surface area contributed by atoms with Crippen LogP contribution in [0.25, 0.3) is 0 Å². The van der Waals surface area contributed by atoms with E-state index < -0.39 is 5.97 Å². The first-order chi connectivity index (χ1) is 7.94. The SMILES string of the molecule is CC(C)(CCO)CNc1cnc(C(=O)O)cn1. The summed E-state index contributed by atoms with van der Waals surface area (Å²) < 4.78 is 0. The third-order valence-corrected chi connectivity index (χ3v) is 2.41. The minimum absolute atomic E-state index is 0.0537. The van der Waals surface area contributed by atoms with E-state index in [1.165, 1.54) is 12.4 Å². The molecule has 1 aromatic rings. The molecule has 0 aliphatic rings. The number of rotatable bonds is 6. The van der Waals surface area contributed by atoms with Crippen LogP contribution in [0.2, 0.25) is 0 Å². The van der Waals surface area contributed by atoms with E-state index in [-0.39, 0.29) is 17.7 Å². The third kappa shape index (κ3) is 4.36. The van der Waals surface area contributed by atoms with E-state index in [9.17, 15) is 4.79 Å². The number of nitrogens with one attached hydrogen (secondary N) is 1. The third-order valence-electron chi connectivity index (χ3n) is 2.41. The van der Waals surface area contributed by atoms with E-state index in [1.54, 1.807) is 0 Å². The highest BCUT2D eigenvalue weighted by Gasteiger charge is 2.17. The van der Waals surface area contributed by atoms with Gasteiger partial charge >= 0.3 is 5.97 Å². The van der Waals surface area contributed by atoms with E-state index in [0.717, 1.165) is 0 Å². The summed E-state index contributed by atoms with van der Waals surface area (Å²) in [7, 11) is 0. The molecule has 0 amide bonds. The molecule has 94 valence electrons. The Bertz CT molecular complexity index is 376. The van der Waals surface area contributed by atoms with Gasteiger partial charge in [0.25, 0.3) is 0 Å². The van der Waals surface area contributed by atoms with Crippen LogP contribution in [0.15, 0.2) is 12.4 Å². The molecule has 0 spiro atoms. The number of anilines is 1.